The maximum atomic E-state index is 13.2. The number of carbonyl (C=O) groups is 1. The molecule has 0 radical (unpaired) electrons. The largest absolute Gasteiger partial charge is 0.369 e. The highest BCUT2D eigenvalue weighted by atomic mass is 16.1. The third-order valence-corrected chi connectivity index (χ3v) is 7.01. The molecule has 1 heterocycles. The van der Waals surface area contributed by atoms with Gasteiger partial charge >= 0.3 is 0 Å². The number of hydrogen-bond acceptors (Lipinski definition) is 2. The summed E-state index contributed by atoms with van der Waals surface area (Å²) in [7, 11) is 0. The van der Waals surface area contributed by atoms with Crippen molar-refractivity contribution in [3.63, 3.8) is 0 Å². The van der Waals surface area contributed by atoms with E-state index in [-0.39, 0.29) is 11.8 Å². The first-order valence-electron chi connectivity index (χ1n) is 11.1. The van der Waals surface area contributed by atoms with E-state index in [4.69, 9.17) is 5.73 Å². The predicted octanol–water partition coefficient (Wildman–Crippen LogP) is 5.33. The van der Waals surface area contributed by atoms with Crippen molar-refractivity contribution in [2.45, 2.75) is 44.4 Å². The lowest BCUT2D eigenvalue weighted by atomic mass is 9.64. The first-order chi connectivity index (χ1) is 15.0. The van der Waals surface area contributed by atoms with Gasteiger partial charge in [0.1, 0.15) is 11.2 Å². The number of amides is 1. The number of rotatable bonds is 8. The summed E-state index contributed by atoms with van der Waals surface area (Å²) >= 11 is 0. The lowest BCUT2D eigenvalue weighted by molar-refractivity contribution is -0.123. The minimum Gasteiger partial charge on any atom is -0.369 e. The molecule has 3 aromatic rings. The first-order valence-corrected chi connectivity index (χ1v) is 11.1. The summed E-state index contributed by atoms with van der Waals surface area (Å²) in [6.45, 7) is 6.26. The number of hydrogen-bond donors (Lipinski definition) is 1. The molecular formula is C27H31N3O. The maximum Gasteiger partial charge on any atom is 0.232 e. The van der Waals surface area contributed by atoms with Crippen molar-refractivity contribution in [2.75, 3.05) is 0 Å². The van der Waals surface area contributed by atoms with Gasteiger partial charge in [0.2, 0.25) is 5.91 Å². The molecule has 4 nitrogen and oxygen atoms in total. The van der Waals surface area contributed by atoms with Crippen molar-refractivity contribution in [1.82, 2.24) is 9.55 Å². The van der Waals surface area contributed by atoms with Gasteiger partial charge in [-0.25, -0.2) is 4.98 Å². The number of imidazole rings is 1. The van der Waals surface area contributed by atoms with Gasteiger partial charge in [-0.05, 0) is 55.6 Å². The highest BCUT2D eigenvalue weighted by Gasteiger charge is 2.49. The molecule has 2 N–H and O–H groups in total. The van der Waals surface area contributed by atoms with E-state index in [1.54, 1.807) is 0 Å². The number of aryl methyl sites for hydroxylation is 1. The number of carbonyl (C=O) groups excluding carboxylic acids is 1. The second kappa shape index (κ2) is 8.93. The van der Waals surface area contributed by atoms with Gasteiger partial charge in [-0.2, -0.15) is 0 Å². The smallest absolute Gasteiger partial charge is 0.232 e. The van der Waals surface area contributed by atoms with Crippen LogP contribution in [0.5, 0.6) is 0 Å². The summed E-state index contributed by atoms with van der Waals surface area (Å²) in [6.07, 6.45) is 8.86. The fourth-order valence-corrected chi connectivity index (χ4v) is 5.46. The SMILES string of the molecule is C=C(CC[C@@H]1CC[C@@H](C(C(N)=O)(c2ccccc2)c2ccccc2)C1)n1ccnc1C. The van der Waals surface area contributed by atoms with Gasteiger partial charge in [-0.3, -0.25) is 4.79 Å². The number of primary amides is 1. The van der Waals surface area contributed by atoms with Crippen LogP contribution >= 0.6 is 0 Å². The lowest BCUT2D eigenvalue weighted by Crippen LogP contribution is -2.47. The van der Waals surface area contributed by atoms with Crippen molar-refractivity contribution < 1.29 is 4.79 Å². The van der Waals surface area contributed by atoms with Gasteiger partial charge in [0, 0.05) is 18.1 Å². The molecule has 1 fully saturated rings. The Labute approximate surface area is 184 Å². The van der Waals surface area contributed by atoms with E-state index < -0.39 is 5.41 Å². The van der Waals surface area contributed by atoms with Gasteiger partial charge in [0.15, 0.2) is 0 Å². The zero-order valence-electron chi connectivity index (χ0n) is 18.2. The quantitative estimate of drug-likeness (QED) is 0.542. The Morgan fingerprint density at radius 1 is 1.10 bits per heavy atom. The Bertz CT molecular complexity index is 999. The number of nitrogens with two attached hydrogens (primary N) is 1. The molecule has 0 bridgehead atoms. The summed E-state index contributed by atoms with van der Waals surface area (Å²) in [5.41, 5.74) is 8.47. The van der Waals surface area contributed by atoms with Gasteiger partial charge in [0.05, 0.1) is 0 Å². The molecule has 1 amide bonds. The second-order valence-electron chi connectivity index (χ2n) is 8.73. The minimum absolute atomic E-state index is 0.183. The molecule has 1 aliphatic rings. The zero-order chi connectivity index (χ0) is 21.8. The number of nitrogens with zero attached hydrogens (tertiary/aromatic N) is 2. The van der Waals surface area contributed by atoms with Crippen LogP contribution in [0, 0.1) is 18.8 Å². The number of aromatic nitrogens is 2. The van der Waals surface area contributed by atoms with Crippen LogP contribution < -0.4 is 5.73 Å². The molecule has 0 saturated heterocycles. The Balaban J connectivity index is 1.58. The Morgan fingerprint density at radius 3 is 2.23 bits per heavy atom. The molecule has 2 aromatic carbocycles. The molecule has 0 spiro atoms. The monoisotopic (exact) mass is 413 g/mol. The molecule has 4 heteroatoms. The van der Waals surface area contributed by atoms with Crippen molar-refractivity contribution in [1.29, 1.82) is 0 Å². The third kappa shape index (κ3) is 3.95. The summed E-state index contributed by atoms with van der Waals surface area (Å²) in [6, 6.07) is 20.2. The summed E-state index contributed by atoms with van der Waals surface area (Å²) in [5.74, 6) is 1.45. The van der Waals surface area contributed by atoms with E-state index in [2.05, 4.69) is 40.4 Å². The fraction of sp³-hybridized carbons (Fsp3) is 0.333. The van der Waals surface area contributed by atoms with Crippen LogP contribution in [0.3, 0.4) is 0 Å². The average molecular weight is 414 g/mol. The zero-order valence-corrected chi connectivity index (χ0v) is 18.2. The molecular weight excluding hydrogens is 382 g/mol. The van der Waals surface area contributed by atoms with E-state index in [0.29, 0.717) is 5.92 Å². The highest BCUT2D eigenvalue weighted by Crippen LogP contribution is 2.49. The average Bonchev–Trinajstić information content (AvgIpc) is 3.43. The maximum absolute atomic E-state index is 13.2. The highest BCUT2D eigenvalue weighted by molar-refractivity contribution is 5.91. The minimum atomic E-state index is -0.796. The van der Waals surface area contributed by atoms with Gasteiger partial charge in [-0.1, -0.05) is 73.7 Å². The van der Waals surface area contributed by atoms with Crippen LogP contribution in [-0.4, -0.2) is 15.5 Å². The summed E-state index contributed by atoms with van der Waals surface area (Å²) < 4.78 is 2.06. The second-order valence-corrected chi connectivity index (χ2v) is 8.73. The van der Waals surface area contributed by atoms with Gasteiger partial charge in [0.25, 0.3) is 0 Å². The van der Waals surface area contributed by atoms with Crippen LogP contribution in [0.4, 0.5) is 0 Å². The van der Waals surface area contributed by atoms with Crippen molar-refractivity contribution >= 4 is 11.6 Å². The van der Waals surface area contributed by atoms with Crippen LogP contribution in [0.15, 0.2) is 79.6 Å². The third-order valence-electron chi connectivity index (χ3n) is 7.01. The van der Waals surface area contributed by atoms with Crippen molar-refractivity contribution in [3.8, 4) is 0 Å². The van der Waals surface area contributed by atoms with E-state index in [1.165, 1.54) is 0 Å². The molecule has 2 atom stereocenters. The number of benzene rings is 2. The van der Waals surface area contributed by atoms with Crippen molar-refractivity contribution in [3.05, 3.63) is 96.6 Å². The summed E-state index contributed by atoms with van der Waals surface area (Å²) in [5, 5.41) is 0. The van der Waals surface area contributed by atoms with Gasteiger partial charge in [-0.15, -0.1) is 0 Å². The molecule has 1 aliphatic carbocycles. The number of allylic oxidation sites excluding steroid dienone is 1. The Hall–Kier alpha value is -3.14. The standard InChI is InChI=1S/C27H31N3O/c1-20(30-18-17-29-21(30)2)13-14-22-15-16-25(19-22)27(26(28)31,23-9-5-3-6-10-23)24-11-7-4-8-12-24/h3-12,17-18,22,25H,1,13-16,19H2,2H3,(H2,28,31)/t22-,25-/m1/s1. The molecule has 0 aliphatic heterocycles. The Kier molecular flexibility index (Phi) is 6.08. The van der Waals surface area contributed by atoms with Crippen LogP contribution in [-0.2, 0) is 10.2 Å². The molecule has 1 aromatic heterocycles. The van der Waals surface area contributed by atoms with Crippen LogP contribution in [0.2, 0.25) is 0 Å². The molecule has 31 heavy (non-hydrogen) atoms. The summed E-state index contributed by atoms with van der Waals surface area (Å²) in [4.78, 5) is 17.5. The topological polar surface area (TPSA) is 60.9 Å². The first kappa shape index (κ1) is 21.1. The molecule has 0 unspecified atom stereocenters. The van der Waals surface area contributed by atoms with E-state index in [1.807, 2.05) is 55.7 Å². The normalized spacial score (nSPS) is 18.7. The molecule has 160 valence electrons. The lowest BCUT2D eigenvalue weighted by Gasteiger charge is -2.38. The fourth-order valence-electron chi connectivity index (χ4n) is 5.46. The Morgan fingerprint density at radius 2 is 1.71 bits per heavy atom. The van der Waals surface area contributed by atoms with Crippen LogP contribution in [0.25, 0.3) is 5.70 Å². The molecule has 1 saturated carbocycles. The predicted molar refractivity (Wildman–Crippen MR) is 125 cm³/mol. The van der Waals surface area contributed by atoms with Crippen molar-refractivity contribution in [2.24, 2.45) is 17.6 Å². The van der Waals surface area contributed by atoms with E-state index in [9.17, 15) is 4.79 Å². The van der Waals surface area contributed by atoms with E-state index >= 15 is 0 Å². The van der Waals surface area contributed by atoms with E-state index in [0.717, 1.165) is 54.8 Å². The van der Waals surface area contributed by atoms with Gasteiger partial charge < -0.3 is 10.3 Å². The molecule has 4 rings (SSSR count). The van der Waals surface area contributed by atoms with Crippen LogP contribution in [0.1, 0.15) is 49.1 Å².